The summed E-state index contributed by atoms with van der Waals surface area (Å²) < 4.78 is 2.25. The molecule has 1 saturated carbocycles. The Balaban J connectivity index is 1.43. The van der Waals surface area contributed by atoms with Crippen LogP contribution in [0.2, 0.25) is 0 Å². The van der Waals surface area contributed by atoms with E-state index in [9.17, 15) is 4.79 Å². The summed E-state index contributed by atoms with van der Waals surface area (Å²) in [4.78, 5) is 12.3. The van der Waals surface area contributed by atoms with Crippen molar-refractivity contribution in [1.82, 2.24) is 25.4 Å². The molecule has 6 heteroatoms. The molecule has 25 heavy (non-hydrogen) atoms. The quantitative estimate of drug-likeness (QED) is 0.758. The van der Waals surface area contributed by atoms with Crippen molar-refractivity contribution in [3.63, 3.8) is 0 Å². The van der Waals surface area contributed by atoms with E-state index in [1.165, 1.54) is 51.4 Å². The predicted octanol–water partition coefficient (Wildman–Crippen LogP) is 3.21. The number of unbranched alkanes of at least 4 members (excludes halogenated alkanes) is 1. The summed E-state index contributed by atoms with van der Waals surface area (Å²) in [5.41, 5.74) is 0. The fraction of sp³-hybridized carbons (Fsp3) is 0.842. The van der Waals surface area contributed by atoms with Crippen molar-refractivity contribution in [3.8, 4) is 0 Å². The average Bonchev–Trinajstić information content (AvgIpc) is 2.78. The molecule has 0 spiro atoms. The van der Waals surface area contributed by atoms with Gasteiger partial charge in [0.25, 0.3) is 0 Å². The molecule has 0 saturated heterocycles. The molecule has 2 amide bonds. The number of amides is 2. The molecule has 6 nitrogen and oxygen atoms in total. The summed E-state index contributed by atoms with van der Waals surface area (Å²) in [6, 6.07) is 0.321. The van der Waals surface area contributed by atoms with Crippen LogP contribution in [0.5, 0.6) is 0 Å². The molecular weight excluding hydrogens is 314 g/mol. The van der Waals surface area contributed by atoms with Gasteiger partial charge in [-0.3, -0.25) is 0 Å². The van der Waals surface area contributed by atoms with Gasteiger partial charge in [0.2, 0.25) is 0 Å². The van der Waals surface area contributed by atoms with Crippen LogP contribution < -0.4 is 10.6 Å². The molecule has 0 aromatic carbocycles. The van der Waals surface area contributed by atoms with E-state index in [-0.39, 0.29) is 6.03 Å². The number of aromatic nitrogens is 3. The van der Waals surface area contributed by atoms with E-state index in [0.717, 1.165) is 37.5 Å². The van der Waals surface area contributed by atoms with Gasteiger partial charge in [-0.15, -0.1) is 10.2 Å². The van der Waals surface area contributed by atoms with E-state index >= 15 is 0 Å². The van der Waals surface area contributed by atoms with Crippen LogP contribution in [-0.2, 0) is 19.4 Å². The minimum Gasteiger partial charge on any atom is -0.338 e. The smallest absolute Gasteiger partial charge is 0.315 e. The maximum Gasteiger partial charge on any atom is 0.315 e. The number of carbonyl (C=O) groups is 1. The van der Waals surface area contributed by atoms with Crippen molar-refractivity contribution >= 4 is 6.03 Å². The minimum absolute atomic E-state index is 0.0244. The lowest BCUT2D eigenvalue weighted by atomic mass is 9.78. The molecule has 1 aliphatic heterocycles. The number of fused-ring (bicyclic) bond motifs is 1. The molecule has 3 rings (SSSR count). The van der Waals surface area contributed by atoms with Crippen LogP contribution in [0.3, 0.4) is 0 Å². The topological polar surface area (TPSA) is 71.8 Å². The van der Waals surface area contributed by atoms with Crippen LogP contribution in [0, 0.1) is 5.92 Å². The fourth-order valence-electron chi connectivity index (χ4n) is 3.93. The van der Waals surface area contributed by atoms with Crippen molar-refractivity contribution in [2.45, 2.75) is 90.1 Å². The van der Waals surface area contributed by atoms with E-state index in [0.29, 0.717) is 18.5 Å². The van der Waals surface area contributed by atoms with E-state index in [4.69, 9.17) is 0 Å². The highest BCUT2D eigenvalue weighted by Gasteiger charge is 2.27. The zero-order valence-corrected chi connectivity index (χ0v) is 15.6. The van der Waals surface area contributed by atoms with Gasteiger partial charge >= 0.3 is 6.03 Å². The van der Waals surface area contributed by atoms with Crippen LogP contribution >= 0.6 is 0 Å². The summed E-state index contributed by atoms with van der Waals surface area (Å²) in [5.74, 6) is 2.81. The second-order valence-electron chi connectivity index (χ2n) is 7.58. The molecular formula is C19H33N5O. The number of aryl methyl sites for hydroxylation is 1. The maximum absolute atomic E-state index is 12.3. The number of carbonyl (C=O) groups excluding carboxylic acids is 1. The Hall–Kier alpha value is -1.59. The first-order valence-electron chi connectivity index (χ1n) is 10.2. The highest BCUT2D eigenvalue weighted by Crippen LogP contribution is 2.31. The molecule has 0 bridgehead atoms. The van der Waals surface area contributed by atoms with E-state index < -0.39 is 0 Å². The molecule has 1 atom stereocenters. The van der Waals surface area contributed by atoms with Crippen LogP contribution in [0.25, 0.3) is 0 Å². The van der Waals surface area contributed by atoms with Gasteiger partial charge in [-0.1, -0.05) is 32.6 Å². The van der Waals surface area contributed by atoms with Crippen LogP contribution in [0.1, 0.15) is 76.4 Å². The van der Waals surface area contributed by atoms with E-state index in [2.05, 4.69) is 32.3 Å². The lowest BCUT2D eigenvalue weighted by molar-refractivity contribution is 0.200. The zero-order chi connectivity index (χ0) is 17.5. The van der Waals surface area contributed by atoms with E-state index in [1.807, 2.05) is 0 Å². The van der Waals surface area contributed by atoms with Gasteiger partial charge in [0, 0.05) is 32.0 Å². The van der Waals surface area contributed by atoms with Crippen molar-refractivity contribution in [3.05, 3.63) is 11.6 Å². The van der Waals surface area contributed by atoms with Gasteiger partial charge in [0.15, 0.2) is 0 Å². The molecule has 0 radical (unpaired) electrons. The molecule has 140 valence electrons. The summed E-state index contributed by atoms with van der Waals surface area (Å²) in [6.07, 6.45) is 12.8. The minimum atomic E-state index is -0.0244. The molecule has 2 N–H and O–H groups in total. The molecule has 1 fully saturated rings. The molecule has 1 aromatic heterocycles. The third kappa shape index (κ3) is 4.95. The van der Waals surface area contributed by atoms with Gasteiger partial charge in [-0.25, -0.2) is 4.79 Å². The van der Waals surface area contributed by atoms with Crippen LogP contribution in [-0.4, -0.2) is 33.4 Å². The summed E-state index contributed by atoms with van der Waals surface area (Å²) >= 11 is 0. The number of hydrogen-bond donors (Lipinski definition) is 2. The number of hydrogen-bond acceptors (Lipinski definition) is 3. The van der Waals surface area contributed by atoms with Crippen molar-refractivity contribution in [1.29, 1.82) is 0 Å². The Bertz CT molecular complexity index is 552. The monoisotopic (exact) mass is 347 g/mol. The summed E-state index contributed by atoms with van der Waals surface area (Å²) in [7, 11) is 0. The molecule has 2 aliphatic rings. The van der Waals surface area contributed by atoms with Gasteiger partial charge in [0.05, 0.1) is 0 Å². The second-order valence-corrected chi connectivity index (χ2v) is 7.58. The van der Waals surface area contributed by atoms with E-state index in [1.54, 1.807) is 0 Å². The predicted molar refractivity (Wildman–Crippen MR) is 98.5 cm³/mol. The third-order valence-electron chi connectivity index (χ3n) is 5.72. The lowest BCUT2D eigenvalue weighted by Gasteiger charge is -2.34. The first kappa shape index (κ1) is 18.2. The third-order valence-corrected chi connectivity index (χ3v) is 5.72. The number of nitrogens with one attached hydrogen (secondary N) is 2. The largest absolute Gasteiger partial charge is 0.338 e. The highest BCUT2D eigenvalue weighted by molar-refractivity contribution is 5.74. The van der Waals surface area contributed by atoms with Crippen LogP contribution in [0.4, 0.5) is 4.79 Å². The zero-order valence-electron chi connectivity index (χ0n) is 15.6. The Morgan fingerprint density at radius 1 is 1.24 bits per heavy atom. The summed E-state index contributed by atoms with van der Waals surface area (Å²) in [5, 5.41) is 14.9. The summed E-state index contributed by atoms with van der Waals surface area (Å²) in [6.45, 7) is 3.85. The maximum atomic E-state index is 12.3. The first-order chi connectivity index (χ1) is 12.3. The molecule has 1 aromatic rings. The Morgan fingerprint density at radius 3 is 2.88 bits per heavy atom. The lowest BCUT2D eigenvalue weighted by Crippen LogP contribution is -2.47. The van der Waals surface area contributed by atoms with Gasteiger partial charge in [-0.05, 0) is 38.0 Å². The Labute approximate surface area is 151 Å². The SMILES string of the molecule is CCCCC(NC(=O)NCCc1nnc2n1CCCCC2)C1CCC1. The van der Waals surface area contributed by atoms with Crippen molar-refractivity contribution in [2.24, 2.45) is 5.92 Å². The Morgan fingerprint density at radius 2 is 2.12 bits per heavy atom. The number of nitrogens with zero attached hydrogens (tertiary/aromatic N) is 3. The highest BCUT2D eigenvalue weighted by atomic mass is 16.2. The average molecular weight is 348 g/mol. The first-order valence-corrected chi connectivity index (χ1v) is 10.2. The van der Waals surface area contributed by atoms with Gasteiger partial charge < -0.3 is 15.2 Å². The van der Waals surface area contributed by atoms with Crippen molar-refractivity contribution < 1.29 is 4.79 Å². The van der Waals surface area contributed by atoms with Gasteiger partial charge in [0.1, 0.15) is 11.6 Å². The van der Waals surface area contributed by atoms with Crippen molar-refractivity contribution in [2.75, 3.05) is 6.54 Å². The molecule has 1 aliphatic carbocycles. The number of urea groups is 1. The Kier molecular flexibility index (Phi) is 6.70. The van der Waals surface area contributed by atoms with Crippen LogP contribution in [0.15, 0.2) is 0 Å². The standard InChI is InChI=1S/C19H33N5O/c1-2-3-10-16(15-8-7-9-15)21-19(25)20-13-12-18-23-22-17-11-5-4-6-14-24(17)18/h15-16H,2-14H2,1H3,(H2,20,21,25). The van der Waals surface area contributed by atoms with Gasteiger partial charge in [-0.2, -0.15) is 0 Å². The second kappa shape index (κ2) is 9.20. The normalized spacial score (nSPS) is 18.8. The molecule has 2 heterocycles. The number of rotatable bonds is 8. The fourth-order valence-corrected chi connectivity index (χ4v) is 3.93. The molecule has 1 unspecified atom stereocenters.